The van der Waals surface area contributed by atoms with Gasteiger partial charge in [-0.05, 0) is 23.8 Å². The van der Waals surface area contributed by atoms with Gasteiger partial charge in [0, 0.05) is 27.3 Å². The van der Waals surface area contributed by atoms with E-state index in [0.29, 0.717) is 10.2 Å². The summed E-state index contributed by atoms with van der Waals surface area (Å²) in [5, 5.41) is 19.6. The summed E-state index contributed by atoms with van der Waals surface area (Å²) >= 11 is 4.79. The first-order valence-corrected chi connectivity index (χ1v) is 7.64. The number of carbonyl (C=O) groups is 1. The van der Waals surface area contributed by atoms with Gasteiger partial charge < -0.3 is 5.11 Å². The van der Waals surface area contributed by atoms with Crippen LogP contribution in [0.15, 0.2) is 51.8 Å². The molecule has 0 aliphatic carbocycles. The fourth-order valence-electron chi connectivity index (χ4n) is 1.65. The Bertz CT molecular complexity index is 705. The fourth-order valence-corrected chi connectivity index (χ4v) is 3.30. The predicted molar refractivity (Wildman–Crippen MR) is 83.8 cm³/mol. The van der Waals surface area contributed by atoms with E-state index < -0.39 is 10.9 Å². The van der Waals surface area contributed by atoms with Crippen molar-refractivity contribution in [1.29, 1.82) is 0 Å². The molecule has 0 atom stereocenters. The third-order valence-corrected chi connectivity index (χ3v) is 4.50. The Balaban J connectivity index is 2.11. The van der Waals surface area contributed by atoms with E-state index >= 15 is 0 Å². The zero-order chi connectivity index (χ0) is 15.4. The Morgan fingerprint density at radius 2 is 2.05 bits per heavy atom. The Labute approximate surface area is 133 Å². The summed E-state index contributed by atoms with van der Waals surface area (Å²) < 4.78 is 0.665. The number of carboxylic acids is 1. The highest BCUT2D eigenvalue weighted by molar-refractivity contribution is 9.10. The van der Waals surface area contributed by atoms with Gasteiger partial charge in [0.2, 0.25) is 0 Å². The van der Waals surface area contributed by atoms with Gasteiger partial charge in [-0.1, -0.05) is 28.1 Å². The molecule has 5 nitrogen and oxygen atoms in total. The lowest BCUT2D eigenvalue weighted by atomic mass is 10.2. The summed E-state index contributed by atoms with van der Waals surface area (Å²) in [6.07, 6.45) is 0. The minimum atomic E-state index is -0.964. The zero-order valence-corrected chi connectivity index (χ0v) is 13.1. The van der Waals surface area contributed by atoms with Crippen molar-refractivity contribution in [1.82, 2.24) is 0 Å². The van der Waals surface area contributed by atoms with Crippen LogP contribution in [-0.2, 0) is 5.75 Å². The van der Waals surface area contributed by atoms with E-state index in [1.807, 2.05) is 6.07 Å². The third-order valence-electron chi connectivity index (χ3n) is 2.72. The standard InChI is InChI=1S/C14H10BrNO4S/c15-13-7-11(16(19)20)5-4-10(13)8-21-12-3-1-2-9(6-12)14(17)18/h1-7H,8H2,(H,17,18). The highest BCUT2D eigenvalue weighted by Crippen LogP contribution is 2.29. The molecule has 0 spiro atoms. The van der Waals surface area contributed by atoms with Gasteiger partial charge in [-0.2, -0.15) is 0 Å². The largest absolute Gasteiger partial charge is 0.478 e. The van der Waals surface area contributed by atoms with Crippen LogP contribution in [0.3, 0.4) is 0 Å². The van der Waals surface area contributed by atoms with E-state index in [-0.39, 0.29) is 11.3 Å². The van der Waals surface area contributed by atoms with Crippen LogP contribution in [0.4, 0.5) is 5.69 Å². The Kier molecular flexibility index (Phi) is 4.98. The van der Waals surface area contributed by atoms with Gasteiger partial charge in [-0.3, -0.25) is 10.1 Å². The molecule has 0 radical (unpaired) electrons. The molecule has 0 saturated carbocycles. The topological polar surface area (TPSA) is 80.4 Å². The lowest BCUT2D eigenvalue weighted by Crippen LogP contribution is -1.95. The molecule has 2 aromatic carbocycles. The second-order valence-corrected chi connectivity index (χ2v) is 6.06. The molecule has 7 heteroatoms. The molecular formula is C14H10BrNO4S. The van der Waals surface area contributed by atoms with Crippen molar-refractivity contribution in [2.45, 2.75) is 10.6 Å². The molecule has 0 bridgehead atoms. The van der Waals surface area contributed by atoms with Gasteiger partial charge in [0.05, 0.1) is 10.5 Å². The van der Waals surface area contributed by atoms with Gasteiger partial charge in [-0.25, -0.2) is 4.79 Å². The number of rotatable bonds is 5. The number of nitrogens with zero attached hydrogens (tertiary/aromatic N) is 1. The van der Waals surface area contributed by atoms with E-state index in [1.165, 1.54) is 30.0 Å². The van der Waals surface area contributed by atoms with Gasteiger partial charge in [-0.15, -0.1) is 11.8 Å². The average Bonchev–Trinajstić information content (AvgIpc) is 2.46. The van der Waals surface area contributed by atoms with Crippen molar-refractivity contribution in [3.8, 4) is 0 Å². The highest BCUT2D eigenvalue weighted by Gasteiger charge is 2.10. The number of nitro groups is 1. The van der Waals surface area contributed by atoms with Gasteiger partial charge >= 0.3 is 5.97 Å². The van der Waals surface area contributed by atoms with Crippen LogP contribution >= 0.6 is 27.7 Å². The van der Waals surface area contributed by atoms with Crippen LogP contribution in [0.1, 0.15) is 15.9 Å². The van der Waals surface area contributed by atoms with Gasteiger partial charge in [0.1, 0.15) is 0 Å². The molecule has 21 heavy (non-hydrogen) atoms. The number of aromatic carboxylic acids is 1. The number of benzene rings is 2. The normalized spacial score (nSPS) is 10.3. The Morgan fingerprint density at radius 3 is 2.67 bits per heavy atom. The van der Waals surface area contributed by atoms with Crippen LogP contribution < -0.4 is 0 Å². The minimum Gasteiger partial charge on any atom is -0.478 e. The first kappa shape index (κ1) is 15.5. The Morgan fingerprint density at radius 1 is 1.29 bits per heavy atom. The molecule has 0 aliphatic rings. The van der Waals surface area contributed by atoms with Crippen LogP contribution in [0, 0.1) is 10.1 Å². The van der Waals surface area contributed by atoms with Crippen molar-refractivity contribution in [3.05, 3.63) is 68.2 Å². The number of hydrogen-bond acceptors (Lipinski definition) is 4. The lowest BCUT2D eigenvalue weighted by molar-refractivity contribution is -0.384. The molecule has 0 saturated heterocycles. The monoisotopic (exact) mass is 367 g/mol. The second kappa shape index (κ2) is 6.73. The SMILES string of the molecule is O=C(O)c1cccc(SCc2ccc([N+](=O)[O-])cc2Br)c1. The maximum atomic E-state index is 10.9. The summed E-state index contributed by atoms with van der Waals surface area (Å²) in [6.45, 7) is 0. The van der Waals surface area contributed by atoms with Crippen molar-refractivity contribution < 1.29 is 14.8 Å². The molecule has 0 amide bonds. The summed E-state index contributed by atoms with van der Waals surface area (Å²) in [7, 11) is 0. The first-order valence-electron chi connectivity index (χ1n) is 5.86. The molecule has 0 fully saturated rings. The molecule has 108 valence electrons. The fraction of sp³-hybridized carbons (Fsp3) is 0.0714. The summed E-state index contributed by atoms with van der Waals surface area (Å²) in [5.74, 6) is -0.379. The highest BCUT2D eigenvalue weighted by atomic mass is 79.9. The number of thioether (sulfide) groups is 1. The van der Waals surface area contributed by atoms with Crippen molar-refractivity contribution in [3.63, 3.8) is 0 Å². The van der Waals surface area contributed by atoms with E-state index in [9.17, 15) is 14.9 Å². The maximum Gasteiger partial charge on any atom is 0.335 e. The van der Waals surface area contributed by atoms with Crippen LogP contribution in [0.5, 0.6) is 0 Å². The number of carboxylic acid groups (broad SMARTS) is 1. The average molecular weight is 368 g/mol. The molecule has 1 N–H and O–H groups in total. The number of nitro benzene ring substituents is 1. The molecule has 2 aromatic rings. The molecule has 0 aromatic heterocycles. The van der Waals surface area contributed by atoms with Crippen molar-refractivity contribution in [2.24, 2.45) is 0 Å². The van der Waals surface area contributed by atoms with E-state index in [2.05, 4.69) is 15.9 Å². The smallest absolute Gasteiger partial charge is 0.335 e. The molecule has 0 aliphatic heterocycles. The number of hydrogen-bond donors (Lipinski definition) is 1. The van der Waals surface area contributed by atoms with Crippen LogP contribution in [0.25, 0.3) is 0 Å². The predicted octanol–water partition coefficient (Wildman–Crippen LogP) is 4.35. The molecule has 0 unspecified atom stereocenters. The molecular weight excluding hydrogens is 358 g/mol. The summed E-state index contributed by atoms with van der Waals surface area (Å²) in [5.41, 5.74) is 1.18. The first-order chi connectivity index (χ1) is 9.97. The Hall–Kier alpha value is -1.86. The van der Waals surface area contributed by atoms with Crippen molar-refractivity contribution >= 4 is 39.3 Å². The summed E-state index contributed by atoms with van der Waals surface area (Å²) in [6, 6.07) is 11.3. The van der Waals surface area contributed by atoms with Crippen molar-refractivity contribution in [2.75, 3.05) is 0 Å². The second-order valence-electron chi connectivity index (χ2n) is 4.15. The van der Waals surface area contributed by atoms with Gasteiger partial charge in [0.25, 0.3) is 5.69 Å². The van der Waals surface area contributed by atoms with E-state index in [1.54, 1.807) is 18.2 Å². The number of halogens is 1. The van der Waals surface area contributed by atoms with Crippen LogP contribution in [-0.4, -0.2) is 16.0 Å². The van der Waals surface area contributed by atoms with Crippen LogP contribution in [0.2, 0.25) is 0 Å². The van der Waals surface area contributed by atoms with E-state index in [0.717, 1.165) is 10.5 Å². The summed E-state index contributed by atoms with van der Waals surface area (Å²) in [4.78, 5) is 22.0. The molecule has 0 heterocycles. The number of non-ortho nitro benzene ring substituents is 1. The van der Waals surface area contributed by atoms with E-state index in [4.69, 9.17) is 5.11 Å². The lowest BCUT2D eigenvalue weighted by Gasteiger charge is -2.05. The maximum absolute atomic E-state index is 10.9. The quantitative estimate of drug-likeness (QED) is 0.482. The zero-order valence-electron chi connectivity index (χ0n) is 10.7. The minimum absolute atomic E-state index is 0.0310. The molecule has 2 rings (SSSR count). The third kappa shape index (κ3) is 4.05. The van der Waals surface area contributed by atoms with Gasteiger partial charge in [0.15, 0.2) is 0 Å².